The van der Waals surface area contributed by atoms with Crippen LogP contribution < -0.4 is 10.1 Å². The molecule has 0 saturated heterocycles. The van der Waals surface area contributed by atoms with E-state index in [0.717, 1.165) is 48.0 Å². The average molecular weight is 427 g/mol. The van der Waals surface area contributed by atoms with Crippen molar-refractivity contribution in [2.24, 2.45) is 0 Å². The van der Waals surface area contributed by atoms with Crippen LogP contribution in [0.2, 0.25) is 0 Å². The van der Waals surface area contributed by atoms with Crippen LogP contribution in [0.15, 0.2) is 42.1 Å². The van der Waals surface area contributed by atoms with E-state index in [4.69, 9.17) is 4.74 Å². The molecule has 4 rings (SSSR count). The van der Waals surface area contributed by atoms with Crippen LogP contribution in [0.1, 0.15) is 51.4 Å². The van der Waals surface area contributed by atoms with Gasteiger partial charge in [0.15, 0.2) is 11.0 Å². The van der Waals surface area contributed by atoms with Gasteiger partial charge in [0.1, 0.15) is 5.75 Å². The van der Waals surface area contributed by atoms with Gasteiger partial charge in [-0.25, -0.2) is 0 Å². The zero-order chi connectivity index (χ0) is 20.8. The number of aromatic nitrogens is 3. The second kappa shape index (κ2) is 10.2. The normalized spacial score (nSPS) is 17.3. The van der Waals surface area contributed by atoms with Crippen molar-refractivity contribution in [3.8, 4) is 17.1 Å². The van der Waals surface area contributed by atoms with Crippen LogP contribution in [-0.4, -0.2) is 38.6 Å². The first-order valence-electron chi connectivity index (χ1n) is 11.0. The molecular formula is C23H30N4O2S. The summed E-state index contributed by atoms with van der Waals surface area (Å²) in [7, 11) is 0. The van der Waals surface area contributed by atoms with Crippen molar-refractivity contribution in [2.45, 2.75) is 75.2 Å². The first-order chi connectivity index (χ1) is 14.7. The summed E-state index contributed by atoms with van der Waals surface area (Å²) in [5.41, 5.74) is 0.977. The van der Waals surface area contributed by atoms with Gasteiger partial charge in [0.25, 0.3) is 0 Å². The summed E-state index contributed by atoms with van der Waals surface area (Å²) < 4.78 is 8.07. The Morgan fingerprint density at radius 3 is 2.53 bits per heavy atom. The first-order valence-corrected chi connectivity index (χ1v) is 11.9. The molecule has 1 N–H and O–H groups in total. The predicted octanol–water partition coefficient (Wildman–Crippen LogP) is 4.60. The molecule has 0 spiro atoms. The predicted molar refractivity (Wildman–Crippen MR) is 120 cm³/mol. The lowest BCUT2D eigenvalue weighted by atomic mass is 10.2. The Bertz CT molecular complexity index is 853. The molecule has 160 valence electrons. The van der Waals surface area contributed by atoms with Gasteiger partial charge < -0.3 is 10.1 Å². The lowest BCUT2D eigenvalue weighted by Gasteiger charge is -2.13. The van der Waals surface area contributed by atoms with E-state index in [9.17, 15) is 4.79 Å². The molecule has 1 amide bonds. The van der Waals surface area contributed by atoms with Crippen molar-refractivity contribution in [2.75, 3.05) is 5.75 Å². The molecule has 2 aliphatic rings. The van der Waals surface area contributed by atoms with Crippen LogP contribution in [0.25, 0.3) is 11.4 Å². The molecule has 1 aromatic heterocycles. The zero-order valence-electron chi connectivity index (χ0n) is 17.4. The van der Waals surface area contributed by atoms with E-state index >= 15 is 0 Å². The fourth-order valence-electron chi connectivity index (χ4n) is 4.25. The van der Waals surface area contributed by atoms with Gasteiger partial charge in [0, 0.05) is 18.2 Å². The first kappa shape index (κ1) is 21.0. The third kappa shape index (κ3) is 5.25. The number of carbonyl (C=O) groups is 1. The van der Waals surface area contributed by atoms with Crippen molar-refractivity contribution < 1.29 is 9.53 Å². The van der Waals surface area contributed by atoms with Crippen LogP contribution in [0.4, 0.5) is 0 Å². The van der Waals surface area contributed by atoms with Crippen LogP contribution in [0.5, 0.6) is 5.75 Å². The van der Waals surface area contributed by atoms with E-state index in [1.807, 2.05) is 34.9 Å². The summed E-state index contributed by atoms with van der Waals surface area (Å²) in [6.07, 6.45) is 11.6. The number of ether oxygens (including phenoxy) is 1. The van der Waals surface area contributed by atoms with Gasteiger partial charge in [-0.1, -0.05) is 30.7 Å². The minimum absolute atomic E-state index is 0.0648. The molecule has 2 aromatic rings. The van der Waals surface area contributed by atoms with Crippen LogP contribution in [0.3, 0.4) is 0 Å². The summed E-state index contributed by atoms with van der Waals surface area (Å²) in [5.74, 6) is 2.09. The van der Waals surface area contributed by atoms with Gasteiger partial charge in [-0.15, -0.1) is 16.8 Å². The number of allylic oxidation sites excluding steroid dienone is 1. The monoisotopic (exact) mass is 426 g/mol. The van der Waals surface area contributed by atoms with E-state index in [0.29, 0.717) is 24.4 Å². The van der Waals surface area contributed by atoms with Crippen molar-refractivity contribution >= 4 is 17.7 Å². The number of thioether (sulfide) groups is 1. The van der Waals surface area contributed by atoms with E-state index < -0.39 is 0 Å². The summed E-state index contributed by atoms with van der Waals surface area (Å²) >= 11 is 1.42. The van der Waals surface area contributed by atoms with Gasteiger partial charge in [-0.3, -0.25) is 9.36 Å². The van der Waals surface area contributed by atoms with E-state index in [1.54, 1.807) is 0 Å². The van der Waals surface area contributed by atoms with Gasteiger partial charge >= 0.3 is 0 Å². The Balaban J connectivity index is 1.41. The molecule has 7 heteroatoms. The van der Waals surface area contributed by atoms with E-state index in [-0.39, 0.29) is 5.91 Å². The van der Waals surface area contributed by atoms with Crippen LogP contribution >= 0.6 is 11.8 Å². The zero-order valence-corrected chi connectivity index (χ0v) is 18.2. The standard InChI is InChI=1S/C23H30N4O2S/c1-2-15-27-22(17-11-13-20(14-12-17)29-19-9-5-6-10-19)25-26-23(27)30-16-21(28)24-18-7-3-4-8-18/h2,11-14,18-19H,1,3-10,15-16H2,(H,24,28). The second-order valence-electron chi connectivity index (χ2n) is 8.09. The topological polar surface area (TPSA) is 69.0 Å². The van der Waals surface area contributed by atoms with Crippen molar-refractivity contribution in [3.63, 3.8) is 0 Å². The van der Waals surface area contributed by atoms with Gasteiger partial charge in [-0.2, -0.15) is 0 Å². The molecule has 2 fully saturated rings. The number of hydrogen-bond donors (Lipinski definition) is 1. The Labute approximate surface area is 182 Å². The average Bonchev–Trinajstić information content (AvgIpc) is 3.51. The fourth-order valence-corrected chi connectivity index (χ4v) is 5.01. The van der Waals surface area contributed by atoms with Crippen molar-refractivity contribution in [1.82, 2.24) is 20.1 Å². The summed E-state index contributed by atoms with van der Waals surface area (Å²) in [6.45, 7) is 4.45. The Kier molecular flexibility index (Phi) is 7.10. The Morgan fingerprint density at radius 2 is 1.83 bits per heavy atom. The highest BCUT2D eigenvalue weighted by molar-refractivity contribution is 7.99. The molecule has 30 heavy (non-hydrogen) atoms. The maximum Gasteiger partial charge on any atom is 0.230 e. The van der Waals surface area contributed by atoms with E-state index in [2.05, 4.69) is 22.1 Å². The molecule has 2 aliphatic carbocycles. The third-order valence-electron chi connectivity index (χ3n) is 5.80. The summed E-state index contributed by atoms with van der Waals surface area (Å²) in [4.78, 5) is 12.3. The van der Waals surface area contributed by atoms with Crippen LogP contribution in [0, 0.1) is 0 Å². The van der Waals surface area contributed by atoms with E-state index in [1.165, 1.54) is 37.4 Å². The summed E-state index contributed by atoms with van der Waals surface area (Å²) in [5, 5.41) is 12.6. The largest absolute Gasteiger partial charge is 0.490 e. The lowest BCUT2D eigenvalue weighted by Crippen LogP contribution is -2.33. The quantitative estimate of drug-likeness (QED) is 0.469. The van der Waals surface area contributed by atoms with Gasteiger partial charge in [0.2, 0.25) is 5.91 Å². The number of hydrogen-bond acceptors (Lipinski definition) is 5. The molecule has 6 nitrogen and oxygen atoms in total. The number of nitrogens with one attached hydrogen (secondary N) is 1. The fraction of sp³-hybridized carbons (Fsp3) is 0.522. The highest BCUT2D eigenvalue weighted by Gasteiger charge is 2.20. The maximum atomic E-state index is 12.3. The number of carbonyl (C=O) groups excluding carboxylic acids is 1. The van der Waals surface area contributed by atoms with Crippen molar-refractivity contribution in [1.29, 1.82) is 0 Å². The molecular weight excluding hydrogens is 396 g/mol. The molecule has 2 saturated carbocycles. The molecule has 0 radical (unpaired) electrons. The highest BCUT2D eigenvalue weighted by Crippen LogP contribution is 2.28. The number of rotatable bonds is 9. The van der Waals surface area contributed by atoms with Gasteiger partial charge in [0.05, 0.1) is 11.9 Å². The third-order valence-corrected chi connectivity index (χ3v) is 6.77. The highest BCUT2D eigenvalue weighted by atomic mass is 32.2. The van der Waals surface area contributed by atoms with Crippen LogP contribution in [-0.2, 0) is 11.3 Å². The lowest BCUT2D eigenvalue weighted by molar-refractivity contribution is -0.119. The number of nitrogens with zero attached hydrogens (tertiary/aromatic N) is 3. The molecule has 0 bridgehead atoms. The Morgan fingerprint density at radius 1 is 1.13 bits per heavy atom. The smallest absolute Gasteiger partial charge is 0.230 e. The molecule has 1 aromatic carbocycles. The second-order valence-corrected chi connectivity index (χ2v) is 9.03. The molecule has 0 aliphatic heterocycles. The minimum atomic E-state index is 0.0648. The SMILES string of the molecule is C=CCn1c(SCC(=O)NC2CCCC2)nnc1-c1ccc(OC2CCCC2)cc1. The number of amides is 1. The minimum Gasteiger partial charge on any atom is -0.490 e. The van der Waals surface area contributed by atoms with Gasteiger partial charge in [-0.05, 0) is 62.8 Å². The number of benzene rings is 1. The summed E-state index contributed by atoms with van der Waals surface area (Å²) in [6, 6.07) is 8.39. The molecule has 0 atom stereocenters. The van der Waals surface area contributed by atoms with Crippen molar-refractivity contribution in [3.05, 3.63) is 36.9 Å². The Hall–Kier alpha value is -2.28. The maximum absolute atomic E-state index is 12.3. The molecule has 1 heterocycles. The molecule has 0 unspecified atom stereocenters.